The van der Waals surface area contributed by atoms with Crippen molar-refractivity contribution in [1.29, 1.82) is 0 Å². The Hall–Kier alpha value is -0.920. The quantitative estimate of drug-likeness (QED) is 0.799. The second-order valence-electron chi connectivity index (χ2n) is 4.53. The van der Waals surface area contributed by atoms with Crippen molar-refractivity contribution in [3.8, 4) is 0 Å². The first kappa shape index (κ1) is 14.5. The van der Waals surface area contributed by atoms with Crippen LogP contribution in [0.25, 0.3) is 0 Å². The summed E-state index contributed by atoms with van der Waals surface area (Å²) in [6, 6.07) is 6.21. The number of amides is 1. The molecular formula is C12H15BrN2O3S. The van der Waals surface area contributed by atoms with Gasteiger partial charge in [0.2, 0.25) is 15.9 Å². The molecule has 19 heavy (non-hydrogen) atoms. The Labute approximate surface area is 121 Å². The summed E-state index contributed by atoms with van der Waals surface area (Å²) in [5.41, 5.74) is 0.571. The summed E-state index contributed by atoms with van der Waals surface area (Å²) in [5.74, 6) is -0.174. The molecule has 0 aromatic heterocycles. The van der Waals surface area contributed by atoms with Crippen molar-refractivity contribution in [2.75, 3.05) is 5.32 Å². The predicted molar refractivity (Wildman–Crippen MR) is 76.8 cm³/mol. The molecule has 0 bridgehead atoms. The van der Waals surface area contributed by atoms with Gasteiger partial charge in [0.05, 0.1) is 9.72 Å². The first-order chi connectivity index (χ1) is 8.88. The third kappa shape index (κ3) is 4.02. The number of carbonyl (C=O) groups is 1. The van der Waals surface area contributed by atoms with Crippen molar-refractivity contribution in [2.24, 2.45) is 0 Å². The highest BCUT2D eigenvalue weighted by Gasteiger charge is 2.27. The van der Waals surface area contributed by atoms with Gasteiger partial charge in [-0.2, -0.15) is 0 Å². The average molecular weight is 347 g/mol. The van der Waals surface area contributed by atoms with Gasteiger partial charge in [0.1, 0.15) is 0 Å². The topological polar surface area (TPSA) is 75.3 Å². The first-order valence-corrected chi connectivity index (χ1v) is 8.36. The first-order valence-electron chi connectivity index (χ1n) is 5.96. The molecule has 0 heterocycles. The molecular weight excluding hydrogens is 332 g/mol. The largest absolute Gasteiger partial charge is 0.325 e. The second kappa shape index (κ2) is 5.60. The van der Waals surface area contributed by atoms with Crippen LogP contribution in [0.2, 0.25) is 0 Å². The number of rotatable bonds is 5. The number of anilines is 1. The van der Waals surface area contributed by atoms with Crippen LogP contribution < -0.4 is 10.0 Å². The molecule has 104 valence electrons. The summed E-state index contributed by atoms with van der Waals surface area (Å²) in [6.45, 7) is 1.72. The van der Waals surface area contributed by atoms with Crippen LogP contribution in [0.5, 0.6) is 0 Å². The van der Waals surface area contributed by atoms with Crippen LogP contribution in [-0.4, -0.2) is 25.2 Å². The third-order valence-electron chi connectivity index (χ3n) is 2.69. The lowest BCUT2D eigenvalue weighted by molar-refractivity contribution is -0.115. The molecule has 0 aliphatic heterocycles. The molecule has 5 nitrogen and oxygen atoms in total. The minimum Gasteiger partial charge on any atom is -0.325 e. The molecule has 1 aromatic carbocycles. The van der Waals surface area contributed by atoms with E-state index in [4.69, 9.17) is 0 Å². The van der Waals surface area contributed by atoms with Crippen molar-refractivity contribution < 1.29 is 13.2 Å². The van der Waals surface area contributed by atoms with Gasteiger partial charge in [-0.05, 0) is 44.0 Å². The van der Waals surface area contributed by atoms with Crippen LogP contribution in [0.3, 0.4) is 0 Å². The molecule has 0 saturated heterocycles. The van der Waals surface area contributed by atoms with E-state index in [0.29, 0.717) is 5.69 Å². The highest BCUT2D eigenvalue weighted by atomic mass is 79.9. The molecule has 1 aliphatic carbocycles. The van der Waals surface area contributed by atoms with Gasteiger partial charge in [0.25, 0.3) is 0 Å². The lowest BCUT2D eigenvalue weighted by Gasteiger charge is -2.08. The van der Waals surface area contributed by atoms with Gasteiger partial charge in [0.15, 0.2) is 0 Å². The van der Waals surface area contributed by atoms with Crippen LogP contribution >= 0.6 is 15.9 Å². The number of hydrogen-bond acceptors (Lipinski definition) is 3. The highest BCUT2D eigenvalue weighted by Crippen LogP contribution is 2.22. The monoisotopic (exact) mass is 346 g/mol. The Morgan fingerprint density at radius 3 is 2.37 bits per heavy atom. The molecule has 1 aliphatic rings. The number of hydrogen-bond donors (Lipinski definition) is 2. The fourth-order valence-electron chi connectivity index (χ4n) is 1.45. The van der Waals surface area contributed by atoms with Gasteiger partial charge in [0, 0.05) is 11.7 Å². The van der Waals surface area contributed by atoms with E-state index in [0.717, 1.165) is 12.8 Å². The summed E-state index contributed by atoms with van der Waals surface area (Å²) >= 11 is 3.16. The number of benzene rings is 1. The SMILES string of the molecule is CC(Br)C(=O)Nc1ccc(S(=O)(=O)NC2CC2)cc1. The lowest BCUT2D eigenvalue weighted by atomic mass is 10.3. The van der Waals surface area contributed by atoms with E-state index in [9.17, 15) is 13.2 Å². The molecule has 0 spiro atoms. The lowest BCUT2D eigenvalue weighted by Crippen LogP contribution is -2.25. The molecule has 0 radical (unpaired) electrons. The van der Waals surface area contributed by atoms with Crippen LogP contribution in [0.1, 0.15) is 19.8 Å². The number of halogens is 1. The van der Waals surface area contributed by atoms with Gasteiger partial charge in [-0.15, -0.1) is 0 Å². The van der Waals surface area contributed by atoms with Crippen molar-refractivity contribution in [1.82, 2.24) is 4.72 Å². The minimum atomic E-state index is -3.43. The third-order valence-corrected chi connectivity index (χ3v) is 4.64. The maximum Gasteiger partial charge on any atom is 0.240 e. The number of alkyl halides is 1. The molecule has 7 heteroatoms. The number of sulfonamides is 1. The number of nitrogens with one attached hydrogen (secondary N) is 2. The zero-order valence-electron chi connectivity index (χ0n) is 10.4. The zero-order valence-corrected chi connectivity index (χ0v) is 12.8. The molecule has 1 saturated carbocycles. The Morgan fingerprint density at radius 1 is 1.32 bits per heavy atom. The van der Waals surface area contributed by atoms with Gasteiger partial charge in [-0.25, -0.2) is 13.1 Å². The molecule has 2 rings (SSSR count). The van der Waals surface area contributed by atoms with E-state index in [1.165, 1.54) is 12.1 Å². The van der Waals surface area contributed by atoms with Crippen LogP contribution in [0.4, 0.5) is 5.69 Å². The van der Waals surface area contributed by atoms with E-state index >= 15 is 0 Å². The summed E-state index contributed by atoms with van der Waals surface area (Å²) in [7, 11) is -3.43. The van der Waals surface area contributed by atoms with E-state index in [2.05, 4.69) is 26.0 Å². The van der Waals surface area contributed by atoms with Crippen LogP contribution in [0, 0.1) is 0 Å². The molecule has 1 fully saturated rings. The van der Waals surface area contributed by atoms with Gasteiger partial charge >= 0.3 is 0 Å². The normalized spacial score (nSPS) is 16.9. The summed E-state index contributed by atoms with van der Waals surface area (Å²) in [4.78, 5) is 11.4. The van der Waals surface area contributed by atoms with Gasteiger partial charge in [-0.1, -0.05) is 15.9 Å². The highest BCUT2D eigenvalue weighted by molar-refractivity contribution is 9.10. The van der Waals surface area contributed by atoms with Crippen LogP contribution in [0.15, 0.2) is 29.2 Å². The van der Waals surface area contributed by atoms with Crippen molar-refractivity contribution in [3.63, 3.8) is 0 Å². The zero-order chi connectivity index (χ0) is 14.0. The minimum absolute atomic E-state index is 0.0821. The number of carbonyl (C=O) groups excluding carboxylic acids is 1. The fourth-order valence-corrected chi connectivity index (χ4v) is 2.87. The van der Waals surface area contributed by atoms with Crippen molar-refractivity contribution in [2.45, 2.75) is 35.5 Å². The maximum atomic E-state index is 11.9. The molecule has 1 atom stereocenters. The van der Waals surface area contributed by atoms with Crippen LogP contribution in [-0.2, 0) is 14.8 Å². The molecule has 2 N–H and O–H groups in total. The standard InChI is InChI=1S/C12H15BrN2O3S/c1-8(13)12(16)14-9-4-6-11(7-5-9)19(17,18)15-10-2-3-10/h4-8,10,15H,2-3H2,1H3,(H,14,16). The fraction of sp³-hybridized carbons (Fsp3) is 0.417. The Balaban J connectivity index is 2.07. The van der Waals surface area contributed by atoms with Gasteiger partial charge < -0.3 is 5.32 Å². The second-order valence-corrected chi connectivity index (χ2v) is 7.61. The Kier molecular flexibility index (Phi) is 4.27. The average Bonchev–Trinajstić information content (AvgIpc) is 3.12. The molecule has 1 amide bonds. The maximum absolute atomic E-state index is 11.9. The van der Waals surface area contributed by atoms with Crippen molar-refractivity contribution >= 4 is 37.5 Å². The van der Waals surface area contributed by atoms with E-state index in [1.54, 1.807) is 19.1 Å². The summed E-state index contributed by atoms with van der Waals surface area (Å²) in [5, 5.41) is 2.67. The van der Waals surface area contributed by atoms with E-state index in [-0.39, 0.29) is 21.7 Å². The Bertz CT molecular complexity index is 565. The van der Waals surface area contributed by atoms with E-state index in [1.807, 2.05) is 0 Å². The molecule has 1 unspecified atom stereocenters. The van der Waals surface area contributed by atoms with Gasteiger partial charge in [-0.3, -0.25) is 4.79 Å². The molecule has 1 aromatic rings. The summed E-state index contributed by atoms with van der Waals surface area (Å²) in [6.07, 6.45) is 1.80. The Morgan fingerprint density at radius 2 is 1.89 bits per heavy atom. The summed E-state index contributed by atoms with van der Waals surface area (Å²) < 4.78 is 26.4. The van der Waals surface area contributed by atoms with Crippen molar-refractivity contribution in [3.05, 3.63) is 24.3 Å². The predicted octanol–water partition coefficient (Wildman–Crippen LogP) is 1.85. The van der Waals surface area contributed by atoms with E-state index < -0.39 is 10.0 Å². The smallest absolute Gasteiger partial charge is 0.240 e.